The molecule has 1 rings (SSSR count). The summed E-state index contributed by atoms with van der Waals surface area (Å²) in [6.07, 6.45) is 5.04. The minimum absolute atomic E-state index is 0.142. The number of esters is 1. The van der Waals surface area contributed by atoms with E-state index in [0.717, 1.165) is 29.5 Å². The fourth-order valence-electron chi connectivity index (χ4n) is 2.52. The van der Waals surface area contributed by atoms with Gasteiger partial charge in [0.15, 0.2) is 0 Å². The van der Waals surface area contributed by atoms with Gasteiger partial charge in [0, 0.05) is 17.2 Å². The predicted octanol–water partition coefficient (Wildman–Crippen LogP) is 5.34. The fraction of sp³-hybridized carbons (Fsp3) is 0.571. The van der Waals surface area contributed by atoms with Crippen LogP contribution in [0, 0.1) is 0 Å². The molecule has 0 radical (unpaired) electrons. The second-order valence-electron chi connectivity index (χ2n) is 7.52. The van der Waals surface area contributed by atoms with E-state index in [1.165, 1.54) is 6.08 Å². The first-order valence-corrected chi connectivity index (χ1v) is 8.81. The summed E-state index contributed by atoms with van der Waals surface area (Å²) < 4.78 is 4.95. The molecule has 0 aliphatic carbocycles. The molecule has 134 valence electrons. The van der Waals surface area contributed by atoms with Crippen molar-refractivity contribution in [2.75, 3.05) is 6.61 Å². The normalized spacial score (nSPS) is 12.6. The molecule has 3 nitrogen and oxygen atoms in total. The van der Waals surface area contributed by atoms with Gasteiger partial charge < -0.3 is 9.84 Å². The Labute approximate surface area is 146 Å². The second kappa shape index (κ2) is 7.87. The number of carbonyl (C=O) groups excluding carboxylic acids is 1. The van der Waals surface area contributed by atoms with E-state index in [9.17, 15) is 9.90 Å². The summed E-state index contributed by atoms with van der Waals surface area (Å²) in [5.74, 6) is 0.0279. The van der Waals surface area contributed by atoms with Crippen molar-refractivity contribution in [1.82, 2.24) is 0 Å². The van der Waals surface area contributed by atoms with Crippen LogP contribution in [0.15, 0.2) is 18.2 Å². The first-order valence-electron chi connectivity index (χ1n) is 8.81. The summed E-state index contributed by atoms with van der Waals surface area (Å²) in [5, 5.41) is 10.9. The Morgan fingerprint density at radius 1 is 1.04 bits per heavy atom. The van der Waals surface area contributed by atoms with Crippen LogP contribution in [-0.2, 0) is 20.4 Å². The Bertz CT molecular complexity index is 573. The van der Waals surface area contributed by atoms with Crippen LogP contribution in [0.3, 0.4) is 0 Å². The van der Waals surface area contributed by atoms with Crippen molar-refractivity contribution in [3.8, 4) is 5.75 Å². The highest BCUT2D eigenvalue weighted by atomic mass is 16.5. The number of carbonyl (C=O) groups is 1. The van der Waals surface area contributed by atoms with Gasteiger partial charge in [-0.3, -0.25) is 0 Å². The minimum atomic E-state index is -0.349. The molecule has 0 aromatic heterocycles. The summed E-state index contributed by atoms with van der Waals surface area (Å²) >= 11 is 0. The molecule has 0 aliphatic rings. The van der Waals surface area contributed by atoms with Gasteiger partial charge in [-0.1, -0.05) is 41.5 Å². The first-order chi connectivity index (χ1) is 11.1. The third-order valence-electron chi connectivity index (χ3n) is 5.06. The molecule has 0 aliphatic heterocycles. The predicted molar refractivity (Wildman–Crippen MR) is 100 cm³/mol. The molecular formula is C21H32O3. The zero-order valence-corrected chi connectivity index (χ0v) is 16.2. The van der Waals surface area contributed by atoms with Gasteiger partial charge in [0.2, 0.25) is 0 Å². The van der Waals surface area contributed by atoms with Crippen molar-refractivity contribution in [2.24, 2.45) is 0 Å². The number of ether oxygens (including phenoxy) is 1. The van der Waals surface area contributed by atoms with Gasteiger partial charge in [0.05, 0.1) is 6.61 Å². The molecule has 0 unspecified atom stereocenters. The summed E-state index contributed by atoms with van der Waals surface area (Å²) in [7, 11) is 0. The zero-order valence-electron chi connectivity index (χ0n) is 16.2. The van der Waals surface area contributed by atoms with E-state index in [1.54, 1.807) is 13.0 Å². The van der Waals surface area contributed by atoms with Crippen molar-refractivity contribution in [3.05, 3.63) is 34.9 Å². The smallest absolute Gasteiger partial charge is 0.330 e. The minimum Gasteiger partial charge on any atom is -0.507 e. The van der Waals surface area contributed by atoms with Crippen molar-refractivity contribution in [3.63, 3.8) is 0 Å². The van der Waals surface area contributed by atoms with Gasteiger partial charge in [-0.05, 0) is 54.4 Å². The van der Waals surface area contributed by atoms with Gasteiger partial charge in [-0.2, -0.15) is 0 Å². The molecule has 1 aromatic rings. The number of benzene rings is 1. The fourth-order valence-corrected chi connectivity index (χ4v) is 2.52. The van der Waals surface area contributed by atoms with Crippen LogP contribution in [0.5, 0.6) is 5.75 Å². The highest BCUT2D eigenvalue weighted by molar-refractivity contribution is 5.87. The average Bonchev–Trinajstić information content (AvgIpc) is 2.53. The van der Waals surface area contributed by atoms with Crippen molar-refractivity contribution < 1.29 is 14.6 Å². The Morgan fingerprint density at radius 2 is 1.50 bits per heavy atom. The maximum atomic E-state index is 11.6. The van der Waals surface area contributed by atoms with E-state index in [-0.39, 0.29) is 16.8 Å². The molecule has 24 heavy (non-hydrogen) atoms. The number of hydrogen-bond acceptors (Lipinski definition) is 3. The lowest BCUT2D eigenvalue weighted by Crippen LogP contribution is -2.21. The van der Waals surface area contributed by atoms with Crippen molar-refractivity contribution in [1.29, 1.82) is 0 Å². The molecule has 0 amide bonds. The van der Waals surface area contributed by atoms with Gasteiger partial charge in [0.25, 0.3) is 0 Å². The summed E-state index contributed by atoms with van der Waals surface area (Å²) in [6, 6.07) is 3.95. The molecular weight excluding hydrogens is 300 g/mol. The summed E-state index contributed by atoms with van der Waals surface area (Å²) in [5.41, 5.74) is 2.47. The number of rotatable bonds is 7. The SMILES string of the molecule is CCOC(=O)C=Cc1cc(C(C)(C)CC)c(O)c(C(C)(C)CC)c1. The highest BCUT2D eigenvalue weighted by Crippen LogP contribution is 2.42. The highest BCUT2D eigenvalue weighted by Gasteiger charge is 2.29. The van der Waals surface area contributed by atoms with Gasteiger partial charge >= 0.3 is 5.97 Å². The van der Waals surface area contributed by atoms with E-state index in [4.69, 9.17) is 4.74 Å². The maximum Gasteiger partial charge on any atom is 0.330 e. The van der Waals surface area contributed by atoms with Crippen LogP contribution in [0.1, 0.15) is 78.0 Å². The third-order valence-corrected chi connectivity index (χ3v) is 5.06. The van der Waals surface area contributed by atoms with E-state index >= 15 is 0 Å². The number of aromatic hydroxyl groups is 1. The largest absolute Gasteiger partial charge is 0.507 e. The Kier molecular flexibility index (Phi) is 6.65. The average molecular weight is 332 g/mol. The quantitative estimate of drug-likeness (QED) is 0.541. The Morgan fingerprint density at radius 3 is 1.88 bits per heavy atom. The summed E-state index contributed by atoms with van der Waals surface area (Å²) in [4.78, 5) is 11.6. The van der Waals surface area contributed by atoms with Gasteiger partial charge in [-0.25, -0.2) is 4.79 Å². The molecule has 1 N–H and O–H groups in total. The third kappa shape index (κ3) is 4.62. The standard InChI is InChI=1S/C21H32O3/c1-8-20(4,5)16-13-15(11-12-18(22)24-10-3)14-17(19(16)23)21(6,7)9-2/h11-14,23H,8-10H2,1-7H3. The number of phenolic OH excluding ortho intramolecular Hbond substituents is 1. The molecule has 0 atom stereocenters. The van der Waals surface area contributed by atoms with Crippen LogP contribution in [0.2, 0.25) is 0 Å². The lowest BCUT2D eigenvalue weighted by molar-refractivity contribution is -0.137. The second-order valence-corrected chi connectivity index (χ2v) is 7.52. The maximum absolute atomic E-state index is 11.6. The molecule has 3 heteroatoms. The van der Waals surface area contributed by atoms with Crippen LogP contribution >= 0.6 is 0 Å². The Balaban J connectivity index is 3.49. The first kappa shape index (κ1) is 20.3. The van der Waals surface area contributed by atoms with Gasteiger partial charge in [0.1, 0.15) is 5.75 Å². The topological polar surface area (TPSA) is 46.5 Å². The van der Waals surface area contributed by atoms with Crippen LogP contribution in [0.25, 0.3) is 6.08 Å². The summed E-state index contributed by atoms with van der Waals surface area (Å²) in [6.45, 7) is 14.9. The molecule has 0 fully saturated rings. The van der Waals surface area contributed by atoms with E-state index in [2.05, 4.69) is 41.5 Å². The van der Waals surface area contributed by atoms with Gasteiger partial charge in [-0.15, -0.1) is 0 Å². The molecule has 0 heterocycles. The van der Waals surface area contributed by atoms with Crippen LogP contribution in [-0.4, -0.2) is 17.7 Å². The monoisotopic (exact) mass is 332 g/mol. The lowest BCUT2D eigenvalue weighted by atomic mass is 9.75. The van der Waals surface area contributed by atoms with Crippen LogP contribution in [0.4, 0.5) is 0 Å². The molecule has 0 spiro atoms. The lowest BCUT2D eigenvalue weighted by Gasteiger charge is -2.31. The number of phenols is 1. The molecule has 1 aromatic carbocycles. The van der Waals surface area contributed by atoms with Crippen molar-refractivity contribution in [2.45, 2.75) is 72.1 Å². The van der Waals surface area contributed by atoms with Crippen molar-refractivity contribution >= 4 is 12.0 Å². The Hall–Kier alpha value is -1.77. The van der Waals surface area contributed by atoms with E-state index < -0.39 is 0 Å². The van der Waals surface area contributed by atoms with Crippen LogP contribution < -0.4 is 0 Å². The molecule has 0 bridgehead atoms. The van der Waals surface area contributed by atoms with E-state index in [1.807, 2.05) is 12.1 Å². The molecule has 0 saturated heterocycles. The zero-order chi connectivity index (χ0) is 18.5. The molecule has 0 saturated carbocycles. The van der Waals surface area contributed by atoms with E-state index in [0.29, 0.717) is 12.4 Å². The number of hydrogen-bond donors (Lipinski definition) is 1.